The molecule has 0 spiro atoms. The number of aromatic nitrogens is 1. The van der Waals surface area contributed by atoms with Crippen LogP contribution in [0.4, 0.5) is 26.0 Å². The summed E-state index contributed by atoms with van der Waals surface area (Å²) in [6.45, 7) is 1.54. The number of nitrogens with zero attached hydrogens (tertiary/aromatic N) is 1. The standard InChI is InChI=1S/C14H14F2N4O/c1-8(17)14(21)20-12-3-2-4-18-13(12)19-11-6-9(15)5-10(16)7-11/h2-8H,17H2,1H3,(H,18,19)(H,20,21)/t8-/m0/s1. The molecule has 2 rings (SSSR count). The number of benzene rings is 1. The Balaban J connectivity index is 2.25. The van der Waals surface area contributed by atoms with Gasteiger partial charge in [0.05, 0.1) is 11.7 Å². The first-order valence-corrected chi connectivity index (χ1v) is 6.20. The third-order valence-corrected chi connectivity index (χ3v) is 2.60. The Hall–Kier alpha value is -2.54. The lowest BCUT2D eigenvalue weighted by Crippen LogP contribution is -2.32. The number of anilines is 3. The first kappa shape index (κ1) is 14.9. The zero-order valence-corrected chi connectivity index (χ0v) is 11.2. The fourth-order valence-corrected chi connectivity index (χ4v) is 1.62. The molecule has 0 saturated carbocycles. The summed E-state index contributed by atoms with van der Waals surface area (Å²) in [5.74, 6) is -1.56. The summed E-state index contributed by atoms with van der Waals surface area (Å²) >= 11 is 0. The first-order chi connectivity index (χ1) is 9.95. The van der Waals surface area contributed by atoms with Crippen molar-refractivity contribution in [3.8, 4) is 0 Å². The number of nitrogens with two attached hydrogens (primary N) is 1. The highest BCUT2D eigenvalue weighted by molar-refractivity contribution is 5.97. The summed E-state index contributed by atoms with van der Waals surface area (Å²) in [6, 6.07) is 5.54. The van der Waals surface area contributed by atoms with E-state index in [9.17, 15) is 13.6 Å². The minimum atomic E-state index is -0.713. The zero-order valence-electron chi connectivity index (χ0n) is 11.2. The fourth-order valence-electron chi connectivity index (χ4n) is 1.62. The maximum atomic E-state index is 13.2. The highest BCUT2D eigenvalue weighted by Crippen LogP contribution is 2.24. The third kappa shape index (κ3) is 3.96. The van der Waals surface area contributed by atoms with Gasteiger partial charge in [0.1, 0.15) is 11.6 Å². The Labute approximate surface area is 120 Å². The quantitative estimate of drug-likeness (QED) is 0.808. The molecule has 7 heteroatoms. The summed E-state index contributed by atoms with van der Waals surface area (Å²) in [6.07, 6.45) is 1.49. The zero-order chi connectivity index (χ0) is 15.4. The van der Waals surface area contributed by atoms with E-state index in [0.717, 1.165) is 18.2 Å². The van der Waals surface area contributed by atoms with Crippen LogP contribution in [0.1, 0.15) is 6.92 Å². The number of nitrogens with one attached hydrogen (secondary N) is 2. The average molecular weight is 292 g/mol. The van der Waals surface area contributed by atoms with Crippen molar-refractivity contribution in [3.63, 3.8) is 0 Å². The molecular weight excluding hydrogens is 278 g/mol. The number of hydrogen-bond acceptors (Lipinski definition) is 4. The number of carbonyl (C=O) groups excluding carboxylic acids is 1. The van der Waals surface area contributed by atoms with Crippen molar-refractivity contribution < 1.29 is 13.6 Å². The van der Waals surface area contributed by atoms with E-state index >= 15 is 0 Å². The van der Waals surface area contributed by atoms with Crippen molar-refractivity contribution in [2.45, 2.75) is 13.0 Å². The van der Waals surface area contributed by atoms with Crippen LogP contribution in [0.3, 0.4) is 0 Å². The SMILES string of the molecule is C[C@H](N)C(=O)Nc1cccnc1Nc1cc(F)cc(F)c1. The molecule has 1 aromatic carbocycles. The molecule has 0 unspecified atom stereocenters. The van der Waals surface area contributed by atoms with E-state index in [1.54, 1.807) is 19.1 Å². The van der Waals surface area contributed by atoms with E-state index < -0.39 is 23.6 Å². The Kier molecular flexibility index (Phi) is 4.44. The predicted molar refractivity (Wildman–Crippen MR) is 76.2 cm³/mol. The molecule has 0 fully saturated rings. The molecule has 0 aliphatic rings. The lowest BCUT2D eigenvalue weighted by Gasteiger charge is -2.13. The second kappa shape index (κ2) is 6.27. The van der Waals surface area contributed by atoms with Gasteiger partial charge >= 0.3 is 0 Å². The molecule has 0 aliphatic carbocycles. The van der Waals surface area contributed by atoms with Gasteiger partial charge in [-0.05, 0) is 31.2 Å². The molecule has 5 nitrogen and oxygen atoms in total. The smallest absolute Gasteiger partial charge is 0.241 e. The van der Waals surface area contributed by atoms with Gasteiger partial charge in [0.25, 0.3) is 0 Å². The summed E-state index contributed by atoms with van der Waals surface area (Å²) in [7, 11) is 0. The van der Waals surface area contributed by atoms with Gasteiger partial charge in [0.15, 0.2) is 5.82 Å². The van der Waals surface area contributed by atoms with Crippen molar-refractivity contribution >= 4 is 23.1 Å². The van der Waals surface area contributed by atoms with Gasteiger partial charge < -0.3 is 16.4 Å². The van der Waals surface area contributed by atoms with Crippen LogP contribution in [0, 0.1) is 11.6 Å². The average Bonchev–Trinajstić information content (AvgIpc) is 2.39. The molecule has 2 aromatic rings. The summed E-state index contributed by atoms with van der Waals surface area (Å²) in [4.78, 5) is 15.6. The van der Waals surface area contributed by atoms with Gasteiger partial charge in [0, 0.05) is 18.0 Å². The molecule has 0 radical (unpaired) electrons. The van der Waals surface area contributed by atoms with Crippen LogP contribution in [0.2, 0.25) is 0 Å². The van der Waals surface area contributed by atoms with Crippen molar-refractivity contribution in [2.75, 3.05) is 10.6 Å². The van der Waals surface area contributed by atoms with Crippen molar-refractivity contribution in [1.82, 2.24) is 4.98 Å². The molecule has 0 saturated heterocycles. The Bertz CT molecular complexity index is 641. The number of halogens is 2. The van der Waals surface area contributed by atoms with Crippen molar-refractivity contribution in [2.24, 2.45) is 5.73 Å². The fraction of sp³-hybridized carbons (Fsp3) is 0.143. The number of amides is 1. The summed E-state index contributed by atoms with van der Waals surface area (Å²) < 4.78 is 26.3. The Morgan fingerprint density at radius 1 is 1.29 bits per heavy atom. The molecule has 1 atom stereocenters. The van der Waals surface area contributed by atoms with Gasteiger partial charge in [-0.15, -0.1) is 0 Å². The second-order valence-corrected chi connectivity index (χ2v) is 4.46. The van der Waals surface area contributed by atoms with E-state index in [0.29, 0.717) is 5.69 Å². The molecule has 0 aliphatic heterocycles. The van der Waals surface area contributed by atoms with E-state index in [4.69, 9.17) is 5.73 Å². The van der Waals surface area contributed by atoms with Crippen molar-refractivity contribution in [1.29, 1.82) is 0 Å². The highest BCUT2D eigenvalue weighted by Gasteiger charge is 2.11. The van der Waals surface area contributed by atoms with E-state index in [1.165, 1.54) is 6.20 Å². The lowest BCUT2D eigenvalue weighted by atomic mass is 10.2. The van der Waals surface area contributed by atoms with Crippen molar-refractivity contribution in [3.05, 3.63) is 48.2 Å². The normalized spacial score (nSPS) is 11.8. The van der Waals surface area contributed by atoms with Gasteiger partial charge in [-0.25, -0.2) is 13.8 Å². The molecule has 1 heterocycles. The van der Waals surface area contributed by atoms with Crippen LogP contribution in [0.25, 0.3) is 0 Å². The van der Waals surface area contributed by atoms with E-state index in [2.05, 4.69) is 15.6 Å². The highest BCUT2D eigenvalue weighted by atomic mass is 19.1. The lowest BCUT2D eigenvalue weighted by molar-refractivity contribution is -0.117. The first-order valence-electron chi connectivity index (χ1n) is 6.20. The van der Waals surface area contributed by atoms with Gasteiger partial charge in [-0.2, -0.15) is 0 Å². The summed E-state index contributed by atoms with van der Waals surface area (Å²) in [5, 5.41) is 5.33. The maximum Gasteiger partial charge on any atom is 0.241 e. The molecule has 110 valence electrons. The maximum absolute atomic E-state index is 13.2. The summed E-state index contributed by atoms with van der Waals surface area (Å²) in [5.41, 5.74) is 6.02. The van der Waals surface area contributed by atoms with E-state index in [-0.39, 0.29) is 11.5 Å². The van der Waals surface area contributed by atoms with Crippen LogP contribution >= 0.6 is 0 Å². The van der Waals surface area contributed by atoms with Crippen LogP contribution in [-0.2, 0) is 4.79 Å². The van der Waals surface area contributed by atoms with Crippen LogP contribution in [-0.4, -0.2) is 16.9 Å². The van der Waals surface area contributed by atoms with Crippen LogP contribution in [0.15, 0.2) is 36.5 Å². The monoisotopic (exact) mass is 292 g/mol. The van der Waals surface area contributed by atoms with Gasteiger partial charge in [-0.3, -0.25) is 4.79 Å². The van der Waals surface area contributed by atoms with Gasteiger partial charge in [-0.1, -0.05) is 0 Å². The van der Waals surface area contributed by atoms with E-state index in [1.807, 2.05) is 0 Å². The Morgan fingerprint density at radius 2 is 1.95 bits per heavy atom. The number of rotatable bonds is 4. The second-order valence-electron chi connectivity index (χ2n) is 4.46. The minimum Gasteiger partial charge on any atom is -0.338 e. The molecule has 0 bridgehead atoms. The molecule has 1 amide bonds. The molecular formula is C14H14F2N4O. The number of pyridine rings is 1. The third-order valence-electron chi connectivity index (χ3n) is 2.60. The number of hydrogen-bond donors (Lipinski definition) is 3. The largest absolute Gasteiger partial charge is 0.338 e. The topological polar surface area (TPSA) is 80.0 Å². The predicted octanol–water partition coefficient (Wildman–Crippen LogP) is 2.39. The van der Waals surface area contributed by atoms with Crippen LogP contribution < -0.4 is 16.4 Å². The number of carbonyl (C=O) groups is 1. The molecule has 4 N–H and O–H groups in total. The molecule has 21 heavy (non-hydrogen) atoms. The Morgan fingerprint density at radius 3 is 2.57 bits per heavy atom. The van der Waals surface area contributed by atoms with Gasteiger partial charge in [0.2, 0.25) is 5.91 Å². The van der Waals surface area contributed by atoms with Crippen LogP contribution in [0.5, 0.6) is 0 Å². The minimum absolute atomic E-state index is 0.183. The molecule has 1 aromatic heterocycles.